The Morgan fingerprint density at radius 1 is 1.12 bits per heavy atom. The van der Waals surface area contributed by atoms with Gasteiger partial charge in [-0.25, -0.2) is 4.79 Å². The third kappa shape index (κ3) is 8.73. The molecule has 13 heteroatoms. The van der Waals surface area contributed by atoms with Crippen LogP contribution in [0.25, 0.3) is 0 Å². The fourth-order valence-corrected chi connectivity index (χ4v) is 5.56. The summed E-state index contributed by atoms with van der Waals surface area (Å²) in [5.41, 5.74) is 3.91. The first-order chi connectivity index (χ1) is 19.1. The van der Waals surface area contributed by atoms with Crippen molar-refractivity contribution in [3.63, 3.8) is 0 Å². The second-order valence-electron chi connectivity index (χ2n) is 12.9. The molecule has 0 aromatic carbocycles. The van der Waals surface area contributed by atoms with E-state index in [1.54, 1.807) is 34.6 Å². The molecular formula is C28H51N3O10. The van der Waals surface area contributed by atoms with Crippen LogP contribution >= 0.6 is 0 Å². The van der Waals surface area contributed by atoms with Crippen LogP contribution in [-0.2, 0) is 23.7 Å². The van der Waals surface area contributed by atoms with Crippen molar-refractivity contribution in [3.05, 3.63) is 0 Å². The molecule has 238 valence electrons. The largest absolute Gasteiger partial charge is 0.444 e. The summed E-state index contributed by atoms with van der Waals surface area (Å²) >= 11 is 0. The normalized spacial score (nSPS) is 42.5. The van der Waals surface area contributed by atoms with Crippen molar-refractivity contribution in [2.75, 3.05) is 13.2 Å². The molecule has 0 aromatic rings. The van der Waals surface area contributed by atoms with Gasteiger partial charge in [0.05, 0.1) is 36.5 Å². The zero-order valence-corrected chi connectivity index (χ0v) is 25.4. The fraction of sp³-hybridized carbons (Fsp3) is 0.929. The molecule has 1 saturated carbocycles. The first kappa shape index (κ1) is 33.9. The van der Waals surface area contributed by atoms with E-state index in [4.69, 9.17) is 29.4 Å². The number of hydrogen-bond donors (Lipinski definition) is 6. The lowest BCUT2D eigenvalue weighted by Gasteiger charge is -2.48. The van der Waals surface area contributed by atoms with Crippen LogP contribution < -0.4 is 11.1 Å². The Hall–Kier alpha value is -1.58. The zero-order chi connectivity index (χ0) is 30.7. The van der Waals surface area contributed by atoms with Gasteiger partial charge in [0.15, 0.2) is 12.6 Å². The third-order valence-electron chi connectivity index (χ3n) is 8.23. The molecule has 2 heterocycles. The van der Waals surface area contributed by atoms with Crippen molar-refractivity contribution in [2.45, 2.75) is 141 Å². The van der Waals surface area contributed by atoms with Crippen LogP contribution in [0.4, 0.5) is 4.79 Å². The van der Waals surface area contributed by atoms with Crippen LogP contribution in [-0.4, -0.2) is 112 Å². The monoisotopic (exact) mass is 589 g/mol. The van der Waals surface area contributed by atoms with Crippen LogP contribution in [0.15, 0.2) is 4.99 Å². The highest BCUT2D eigenvalue weighted by atomic mass is 16.7. The number of rotatable bonds is 8. The number of amides is 1. The maximum Gasteiger partial charge on any atom is 0.408 e. The SMILES string of the molecule is CC[C@@H]1CCC(NC(=O)OC(C)(C)C)[C@@H](OC2C(O)C(O[C@H]3OCC(C)(O)[C@H](C)C3O)[C@H](N=C(N)CO)C[C@@H]2C)O1. The Labute approximate surface area is 242 Å². The molecule has 3 aliphatic rings. The molecule has 1 amide bonds. The van der Waals surface area contributed by atoms with Crippen molar-refractivity contribution in [1.29, 1.82) is 0 Å². The minimum atomic E-state index is -1.26. The summed E-state index contributed by atoms with van der Waals surface area (Å²) in [6.45, 7) is 12.0. The van der Waals surface area contributed by atoms with Gasteiger partial charge in [-0.3, -0.25) is 4.99 Å². The molecule has 0 aromatic heterocycles. The van der Waals surface area contributed by atoms with E-state index in [1.165, 1.54) is 0 Å². The average molecular weight is 590 g/mol. The second kappa shape index (κ2) is 13.8. The number of aliphatic imine (C=N–C) groups is 1. The Bertz CT molecular complexity index is 897. The summed E-state index contributed by atoms with van der Waals surface area (Å²) in [6, 6.07) is -1.19. The van der Waals surface area contributed by atoms with Gasteiger partial charge in [0.1, 0.15) is 36.4 Å². The van der Waals surface area contributed by atoms with E-state index in [0.717, 1.165) is 12.8 Å². The molecule has 3 fully saturated rings. The zero-order valence-electron chi connectivity index (χ0n) is 25.4. The number of carbonyl (C=O) groups excluding carboxylic acids is 1. The summed E-state index contributed by atoms with van der Waals surface area (Å²) in [5, 5.41) is 45.3. The molecule has 7 N–H and O–H groups in total. The molecule has 0 spiro atoms. The quantitative estimate of drug-likeness (QED) is 0.173. The Morgan fingerprint density at radius 2 is 1.78 bits per heavy atom. The second-order valence-corrected chi connectivity index (χ2v) is 12.9. The van der Waals surface area contributed by atoms with E-state index in [-0.39, 0.29) is 24.5 Å². The van der Waals surface area contributed by atoms with Crippen molar-refractivity contribution in [1.82, 2.24) is 5.32 Å². The van der Waals surface area contributed by atoms with Crippen molar-refractivity contribution in [2.24, 2.45) is 22.6 Å². The van der Waals surface area contributed by atoms with Gasteiger partial charge in [-0.2, -0.15) is 0 Å². The minimum Gasteiger partial charge on any atom is -0.444 e. The van der Waals surface area contributed by atoms with E-state index in [1.807, 2.05) is 13.8 Å². The Kier molecular flexibility index (Phi) is 11.4. The predicted molar refractivity (Wildman–Crippen MR) is 149 cm³/mol. The minimum absolute atomic E-state index is 0.0215. The lowest BCUT2D eigenvalue weighted by Crippen LogP contribution is -2.62. The average Bonchev–Trinajstić information content (AvgIpc) is 2.88. The Morgan fingerprint density at radius 3 is 2.39 bits per heavy atom. The maximum absolute atomic E-state index is 12.6. The first-order valence-corrected chi connectivity index (χ1v) is 14.6. The highest BCUT2D eigenvalue weighted by Crippen LogP contribution is 2.37. The molecule has 2 aliphatic heterocycles. The fourth-order valence-electron chi connectivity index (χ4n) is 5.56. The molecule has 3 rings (SSSR count). The summed E-state index contributed by atoms with van der Waals surface area (Å²) < 4.78 is 29.9. The number of amidine groups is 1. The van der Waals surface area contributed by atoms with E-state index in [0.29, 0.717) is 12.8 Å². The van der Waals surface area contributed by atoms with Gasteiger partial charge in [0.2, 0.25) is 0 Å². The molecule has 12 atom stereocenters. The first-order valence-electron chi connectivity index (χ1n) is 14.6. The standard InChI is InChI=1S/C28H51N3O10/c1-8-16-9-10-17(31-26(35)41-27(4,5)6)24(38-16)39-22-14(2)11-18(30-19(29)12-32)23(21(22)34)40-25-20(33)15(3)28(7,36)13-37-25/h14-18,20-25,32-34,36H,8-13H2,1-7H3,(H2,29,30)(H,31,35)/t14-,15+,16+,17?,18+,20?,21?,22?,23?,24+,25+,28?/m0/s1. The maximum atomic E-state index is 12.6. The number of nitrogens with zero attached hydrogens (tertiary/aromatic N) is 1. The van der Waals surface area contributed by atoms with Crippen LogP contribution in [0, 0.1) is 11.8 Å². The number of nitrogens with two attached hydrogens (primary N) is 1. The predicted octanol–water partition coefficient (Wildman–Crippen LogP) is 0.788. The highest BCUT2D eigenvalue weighted by molar-refractivity contribution is 5.81. The highest BCUT2D eigenvalue weighted by Gasteiger charge is 2.51. The van der Waals surface area contributed by atoms with E-state index < -0.39 is 78.9 Å². The number of ether oxygens (including phenoxy) is 5. The molecule has 6 unspecified atom stereocenters. The third-order valence-corrected chi connectivity index (χ3v) is 8.23. The van der Waals surface area contributed by atoms with Gasteiger partial charge in [-0.05, 0) is 59.3 Å². The molecule has 1 aliphatic carbocycles. The molecule has 0 radical (unpaired) electrons. The summed E-state index contributed by atoms with van der Waals surface area (Å²) in [7, 11) is 0. The van der Waals surface area contributed by atoms with Gasteiger partial charge in [-0.1, -0.05) is 20.8 Å². The molecular weight excluding hydrogens is 538 g/mol. The number of aliphatic hydroxyl groups is 4. The van der Waals surface area contributed by atoms with Gasteiger partial charge in [0, 0.05) is 5.92 Å². The smallest absolute Gasteiger partial charge is 0.408 e. The molecule has 41 heavy (non-hydrogen) atoms. The number of carbonyl (C=O) groups is 1. The van der Waals surface area contributed by atoms with Gasteiger partial charge < -0.3 is 55.2 Å². The van der Waals surface area contributed by atoms with Crippen molar-refractivity contribution in [3.8, 4) is 0 Å². The number of hydrogen-bond acceptors (Lipinski definition) is 11. The van der Waals surface area contributed by atoms with Crippen molar-refractivity contribution < 1.29 is 48.9 Å². The molecule has 0 bridgehead atoms. The summed E-state index contributed by atoms with van der Waals surface area (Å²) in [5.74, 6) is -0.847. The number of alkyl carbamates (subject to hydrolysis) is 1. The van der Waals surface area contributed by atoms with Gasteiger partial charge >= 0.3 is 6.09 Å². The molecule has 13 nitrogen and oxygen atoms in total. The Balaban J connectivity index is 1.82. The number of nitrogens with one attached hydrogen (secondary N) is 1. The van der Waals surface area contributed by atoms with E-state index >= 15 is 0 Å². The lowest BCUT2D eigenvalue weighted by atomic mass is 9.80. The van der Waals surface area contributed by atoms with Crippen LogP contribution in [0.5, 0.6) is 0 Å². The van der Waals surface area contributed by atoms with Gasteiger partial charge in [-0.15, -0.1) is 0 Å². The summed E-state index contributed by atoms with van der Waals surface area (Å²) in [6.07, 6.45) is -4.51. The lowest BCUT2D eigenvalue weighted by molar-refractivity contribution is -0.316. The topological polar surface area (TPSA) is 195 Å². The number of aliphatic hydroxyl groups excluding tert-OH is 3. The summed E-state index contributed by atoms with van der Waals surface area (Å²) in [4.78, 5) is 17.0. The van der Waals surface area contributed by atoms with Crippen LogP contribution in [0.1, 0.15) is 74.1 Å². The molecule has 2 saturated heterocycles. The van der Waals surface area contributed by atoms with Crippen LogP contribution in [0.3, 0.4) is 0 Å². The van der Waals surface area contributed by atoms with E-state index in [2.05, 4.69) is 10.3 Å². The van der Waals surface area contributed by atoms with Crippen molar-refractivity contribution >= 4 is 11.9 Å². The van der Waals surface area contributed by atoms with E-state index in [9.17, 15) is 25.2 Å². The van der Waals surface area contributed by atoms with Crippen LogP contribution in [0.2, 0.25) is 0 Å². The van der Waals surface area contributed by atoms with Gasteiger partial charge in [0.25, 0.3) is 0 Å².